The van der Waals surface area contributed by atoms with Crippen LogP contribution in [-0.4, -0.2) is 10.2 Å². The Morgan fingerprint density at radius 3 is 1.40 bits per heavy atom. The average molecular weight is 547 g/mol. The van der Waals surface area contributed by atoms with Crippen molar-refractivity contribution in [2.45, 2.75) is 167 Å². The molecule has 0 heterocycles. The van der Waals surface area contributed by atoms with Gasteiger partial charge in [0.25, 0.3) is 0 Å². The number of unbranched alkanes of at least 4 members (excludes halogenated alkanes) is 8. The zero-order chi connectivity index (χ0) is 28.3. The molecule has 2 nitrogen and oxygen atoms in total. The van der Waals surface area contributed by atoms with Crippen LogP contribution in [0.2, 0.25) is 0 Å². The quantitative estimate of drug-likeness (QED) is 0.231. The minimum absolute atomic E-state index is 0.315. The standard InChI is InChI=1S/C38H58O2/c1-4-5-6-7-8-9-10-11-18-23-32(33-26-35(37(39)24-28(33)2)30-19-14-12-15-20-30)34-27-36(38(40)25-29(34)3)31-21-16-13-17-22-31/h24-27,30-32,39-40H,4-23H2,1-3H3. The molecule has 0 saturated heterocycles. The summed E-state index contributed by atoms with van der Waals surface area (Å²) in [7, 11) is 0. The molecule has 0 amide bonds. The van der Waals surface area contributed by atoms with Crippen LogP contribution in [-0.2, 0) is 0 Å². The first kappa shape index (κ1) is 31.0. The van der Waals surface area contributed by atoms with Gasteiger partial charge in [0.05, 0.1) is 0 Å². The van der Waals surface area contributed by atoms with Gasteiger partial charge in [0.1, 0.15) is 11.5 Å². The number of benzene rings is 2. The number of aryl methyl sites for hydroxylation is 2. The van der Waals surface area contributed by atoms with Gasteiger partial charge in [-0.1, -0.05) is 115 Å². The number of hydrogen-bond donors (Lipinski definition) is 2. The molecule has 2 aliphatic carbocycles. The Balaban J connectivity index is 1.59. The lowest BCUT2D eigenvalue weighted by Gasteiger charge is -2.29. The van der Waals surface area contributed by atoms with Gasteiger partial charge in [-0.2, -0.15) is 0 Å². The summed E-state index contributed by atoms with van der Waals surface area (Å²) in [4.78, 5) is 0. The van der Waals surface area contributed by atoms with E-state index in [0.29, 0.717) is 29.3 Å². The Morgan fingerprint density at radius 2 is 0.975 bits per heavy atom. The van der Waals surface area contributed by atoms with E-state index in [2.05, 4.69) is 45.0 Å². The minimum Gasteiger partial charge on any atom is -0.508 e. The van der Waals surface area contributed by atoms with Gasteiger partial charge >= 0.3 is 0 Å². The Hall–Kier alpha value is -1.96. The van der Waals surface area contributed by atoms with Crippen LogP contribution in [0.3, 0.4) is 0 Å². The van der Waals surface area contributed by atoms with Crippen LogP contribution < -0.4 is 0 Å². The van der Waals surface area contributed by atoms with Crippen molar-refractivity contribution in [1.29, 1.82) is 0 Å². The summed E-state index contributed by atoms with van der Waals surface area (Å²) in [5, 5.41) is 22.1. The number of rotatable bonds is 14. The largest absolute Gasteiger partial charge is 0.508 e. The lowest BCUT2D eigenvalue weighted by atomic mass is 9.76. The van der Waals surface area contributed by atoms with E-state index in [0.717, 1.165) is 6.42 Å². The van der Waals surface area contributed by atoms with Crippen molar-refractivity contribution in [2.24, 2.45) is 0 Å². The van der Waals surface area contributed by atoms with Crippen molar-refractivity contribution < 1.29 is 10.2 Å². The molecule has 0 bridgehead atoms. The molecule has 0 radical (unpaired) electrons. The molecule has 40 heavy (non-hydrogen) atoms. The third-order valence-corrected chi connectivity index (χ3v) is 10.3. The van der Waals surface area contributed by atoms with Crippen molar-refractivity contribution in [2.75, 3.05) is 0 Å². The second-order valence-electron chi connectivity index (χ2n) is 13.4. The van der Waals surface area contributed by atoms with E-state index in [-0.39, 0.29) is 0 Å². The predicted octanol–water partition coefficient (Wildman–Crippen LogP) is 11.9. The molecule has 2 N–H and O–H groups in total. The average Bonchev–Trinajstić information content (AvgIpc) is 2.96. The fraction of sp³-hybridized carbons (Fsp3) is 0.684. The molecule has 0 aliphatic heterocycles. The molecular weight excluding hydrogens is 488 g/mol. The molecule has 2 aromatic carbocycles. The SMILES string of the molecule is CCCCCCCCCCCC(c1cc(C2CCCCC2)c(O)cc1C)c1cc(C2CCCCC2)c(O)cc1C. The summed E-state index contributed by atoms with van der Waals surface area (Å²) in [6.07, 6.45) is 25.8. The van der Waals surface area contributed by atoms with Gasteiger partial charge in [-0.3, -0.25) is 0 Å². The van der Waals surface area contributed by atoms with Crippen LogP contribution in [0.15, 0.2) is 24.3 Å². The van der Waals surface area contributed by atoms with Crippen molar-refractivity contribution in [1.82, 2.24) is 0 Å². The van der Waals surface area contributed by atoms with Crippen molar-refractivity contribution >= 4 is 0 Å². The molecule has 4 rings (SSSR count). The molecule has 2 aromatic rings. The third-order valence-electron chi connectivity index (χ3n) is 10.3. The maximum Gasteiger partial charge on any atom is 0.119 e. The molecule has 222 valence electrons. The molecule has 2 fully saturated rings. The van der Waals surface area contributed by atoms with Gasteiger partial charge in [0.2, 0.25) is 0 Å². The van der Waals surface area contributed by atoms with E-state index >= 15 is 0 Å². The number of phenols is 2. The van der Waals surface area contributed by atoms with Crippen LogP contribution in [0, 0.1) is 13.8 Å². The summed E-state index contributed by atoms with van der Waals surface area (Å²) in [6.45, 7) is 6.68. The third kappa shape index (κ3) is 8.29. The van der Waals surface area contributed by atoms with Crippen LogP contribution in [0.4, 0.5) is 0 Å². The van der Waals surface area contributed by atoms with Crippen molar-refractivity contribution in [3.8, 4) is 11.5 Å². The Morgan fingerprint density at radius 1 is 0.575 bits per heavy atom. The lowest BCUT2D eigenvalue weighted by molar-refractivity contribution is 0.412. The molecule has 0 aromatic heterocycles. The Labute approximate surface area is 246 Å². The number of aromatic hydroxyl groups is 2. The predicted molar refractivity (Wildman–Crippen MR) is 171 cm³/mol. The van der Waals surface area contributed by atoms with Gasteiger partial charge in [0, 0.05) is 5.92 Å². The van der Waals surface area contributed by atoms with Gasteiger partial charge in [-0.05, 0) is 103 Å². The zero-order valence-electron chi connectivity index (χ0n) is 26.1. The normalized spacial score (nSPS) is 17.1. The van der Waals surface area contributed by atoms with Crippen molar-refractivity contribution in [3.05, 3.63) is 57.6 Å². The van der Waals surface area contributed by atoms with Crippen molar-refractivity contribution in [3.63, 3.8) is 0 Å². The first-order chi connectivity index (χ1) is 19.5. The molecule has 0 unspecified atom stereocenters. The van der Waals surface area contributed by atoms with E-state index in [4.69, 9.17) is 0 Å². The summed E-state index contributed by atoms with van der Waals surface area (Å²) in [5.74, 6) is 2.29. The van der Waals surface area contributed by atoms with E-state index in [1.807, 2.05) is 0 Å². The highest BCUT2D eigenvalue weighted by molar-refractivity contribution is 5.51. The monoisotopic (exact) mass is 546 g/mol. The first-order valence-corrected chi connectivity index (χ1v) is 17.2. The Bertz CT molecular complexity index is 968. The highest BCUT2D eigenvalue weighted by atomic mass is 16.3. The highest BCUT2D eigenvalue weighted by Gasteiger charge is 2.26. The van der Waals surface area contributed by atoms with Crippen LogP contribution in [0.5, 0.6) is 11.5 Å². The van der Waals surface area contributed by atoms with Gasteiger partial charge < -0.3 is 10.2 Å². The van der Waals surface area contributed by atoms with Gasteiger partial charge in [-0.15, -0.1) is 0 Å². The van der Waals surface area contributed by atoms with E-state index < -0.39 is 0 Å². The molecule has 2 aliphatic rings. The second-order valence-corrected chi connectivity index (χ2v) is 13.4. The van der Waals surface area contributed by atoms with E-state index in [1.165, 1.54) is 155 Å². The first-order valence-electron chi connectivity index (χ1n) is 17.2. The van der Waals surface area contributed by atoms with Crippen LogP contribution in [0.25, 0.3) is 0 Å². The summed E-state index contributed by atoms with van der Waals surface area (Å²) in [6, 6.07) is 8.90. The molecule has 0 spiro atoms. The maximum atomic E-state index is 11.0. The smallest absolute Gasteiger partial charge is 0.119 e. The molecular formula is C38H58O2. The minimum atomic E-state index is 0.315. The van der Waals surface area contributed by atoms with E-state index in [1.54, 1.807) is 0 Å². The van der Waals surface area contributed by atoms with E-state index in [9.17, 15) is 10.2 Å². The van der Waals surface area contributed by atoms with Gasteiger partial charge in [0.15, 0.2) is 0 Å². The zero-order valence-corrected chi connectivity index (χ0v) is 26.1. The molecule has 2 saturated carbocycles. The lowest BCUT2D eigenvalue weighted by Crippen LogP contribution is -2.11. The highest BCUT2D eigenvalue weighted by Crippen LogP contribution is 2.45. The van der Waals surface area contributed by atoms with Gasteiger partial charge in [-0.25, -0.2) is 0 Å². The number of hydrogen-bond acceptors (Lipinski definition) is 2. The Kier molecular flexibility index (Phi) is 12.3. The molecule has 0 atom stereocenters. The summed E-state index contributed by atoms with van der Waals surface area (Å²) < 4.78 is 0. The summed E-state index contributed by atoms with van der Waals surface area (Å²) >= 11 is 0. The number of phenolic OH excluding ortho intramolecular Hbond substituents is 2. The summed E-state index contributed by atoms with van der Waals surface area (Å²) in [5.41, 5.74) is 7.60. The fourth-order valence-electron chi connectivity index (χ4n) is 7.82. The maximum absolute atomic E-state index is 11.0. The van der Waals surface area contributed by atoms with Crippen LogP contribution in [0.1, 0.15) is 186 Å². The topological polar surface area (TPSA) is 40.5 Å². The van der Waals surface area contributed by atoms with Crippen LogP contribution >= 0.6 is 0 Å². The molecule has 2 heteroatoms. The fourth-order valence-corrected chi connectivity index (χ4v) is 7.82. The second kappa shape index (κ2) is 15.9.